The van der Waals surface area contributed by atoms with Crippen LogP contribution in [0, 0.1) is 10.1 Å². The maximum atomic E-state index is 13.7. The molecule has 0 radical (unpaired) electrons. The highest BCUT2D eigenvalue weighted by Gasteiger charge is 2.31. The maximum Gasteiger partial charge on any atom is 0.269 e. The van der Waals surface area contributed by atoms with Crippen molar-refractivity contribution in [1.82, 2.24) is 0 Å². The van der Waals surface area contributed by atoms with Crippen molar-refractivity contribution in [2.75, 3.05) is 18.5 Å². The zero-order valence-corrected chi connectivity index (χ0v) is 19.1. The number of nitro benzene ring substituents is 1. The third-order valence-electron chi connectivity index (χ3n) is 4.91. The quantitative estimate of drug-likeness (QED) is 0.326. The second kappa shape index (κ2) is 9.46. The number of hydrogen-bond acceptors (Lipinski definition) is 6. The van der Waals surface area contributed by atoms with Crippen LogP contribution in [0.25, 0.3) is 0 Å². The highest BCUT2D eigenvalue weighted by Crippen LogP contribution is 2.38. The number of sulfonamides is 1. The first-order valence-electron chi connectivity index (χ1n) is 9.45. The summed E-state index contributed by atoms with van der Waals surface area (Å²) in [5.41, 5.74) is 0.788. The van der Waals surface area contributed by atoms with E-state index in [0.29, 0.717) is 27.8 Å². The predicted molar refractivity (Wildman–Crippen MR) is 122 cm³/mol. The molecule has 32 heavy (non-hydrogen) atoms. The van der Waals surface area contributed by atoms with Gasteiger partial charge in [0, 0.05) is 23.2 Å². The molecule has 0 saturated heterocycles. The molecule has 0 aliphatic heterocycles. The van der Waals surface area contributed by atoms with Gasteiger partial charge in [-0.1, -0.05) is 23.7 Å². The van der Waals surface area contributed by atoms with Gasteiger partial charge in [0.05, 0.1) is 35.8 Å². The van der Waals surface area contributed by atoms with Crippen LogP contribution in [0.3, 0.4) is 0 Å². The van der Waals surface area contributed by atoms with Gasteiger partial charge in [-0.05, 0) is 48.9 Å². The number of non-ortho nitro benzene ring substituents is 1. The number of ether oxygens (including phenoxy) is 2. The fourth-order valence-corrected chi connectivity index (χ4v) is 5.12. The fourth-order valence-electron chi connectivity index (χ4n) is 3.29. The molecule has 3 aromatic rings. The molecule has 0 fully saturated rings. The molecule has 0 saturated carbocycles. The summed E-state index contributed by atoms with van der Waals surface area (Å²) < 4.78 is 39.3. The van der Waals surface area contributed by atoms with Crippen molar-refractivity contribution in [1.29, 1.82) is 0 Å². The number of anilines is 1. The zero-order valence-electron chi connectivity index (χ0n) is 17.6. The van der Waals surface area contributed by atoms with Crippen LogP contribution in [0.2, 0.25) is 5.02 Å². The Morgan fingerprint density at radius 1 is 0.969 bits per heavy atom. The van der Waals surface area contributed by atoms with E-state index >= 15 is 0 Å². The second-order valence-electron chi connectivity index (χ2n) is 6.82. The Morgan fingerprint density at radius 2 is 1.62 bits per heavy atom. The molecule has 1 unspecified atom stereocenters. The lowest BCUT2D eigenvalue weighted by Crippen LogP contribution is -2.33. The van der Waals surface area contributed by atoms with E-state index < -0.39 is 21.0 Å². The SMILES string of the molecule is COc1ccc(N(C(C)c2cccc(Cl)c2)S(=O)(=O)c2ccc([N+](=O)[O-])cc2)cc1OC. The number of benzene rings is 3. The van der Waals surface area contributed by atoms with Gasteiger partial charge in [-0.15, -0.1) is 0 Å². The average Bonchev–Trinajstić information content (AvgIpc) is 2.78. The number of halogens is 1. The van der Waals surface area contributed by atoms with Gasteiger partial charge in [0.25, 0.3) is 15.7 Å². The van der Waals surface area contributed by atoms with Crippen LogP contribution in [0.4, 0.5) is 11.4 Å². The predicted octanol–water partition coefficient (Wildman–Crippen LogP) is 5.22. The van der Waals surface area contributed by atoms with Crippen molar-refractivity contribution < 1.29 is 22.8 Å². The summed E-state index contributed by atoms with van der Waals surface area (Å²) >= 11 is 6.14. The van der Waals surface area contributed by atoms with Crippen LogP contribution in [0.1, 0.15) is 18.5 Å². The lowest BCUT2D eigenvalue weighted by Gasteiger charge is -2.31. The highest BCUT2D eigenvalue weighted by molar-refractivity contribution is 7.92. The summed E-state index contributed by atoms with van der Waals surface area (Å²) in [4.78, 5) is 10.3. The number of rotatable bonds is 8. The first-order valence-corrected chi connectivity index (χ1v) is 11.3. The second-order valence-corrected chi connectivity index (χ2v) is 9.07. The van der Waals surface area contributed by atoms with Crippen LogP contribution in [-0.2, 0) is 10.0 Å². The molecule has 0 heterocycles. The smallest absolute Gasteiger partial charge is 0.269 e. The Morgan fingerprint density at radius 3 is 2.19 bits per heavy atom. The van der Waals surface area contributed by atoms with Gasteiger partial charge < -0.3 is 9.47 Å². The molecular formula is C22H21ClN2O6S. The molecular weight excluding hydrogens is 456 g/mol. The molecule has 0 spiro atoms. The van der Waals surface area contributed by atoms with E-state index in [1.54, 1.807) is 49.4 Å². The third kappa shape index (κ3) is 4.63. The first kappa shape index (κ1) is 23.4. The Bertz CT molecular complexity index is 1230. The summed E-state index contributed by atoms with van der Waals surface area (Å²) in [6.07, 6.45) is 0. The first-order chi connectivity index (χ1) is 15.2. The van der Waals surface area contributed by atoms with Gasteiger partial charge in [-0.2, -0.15) is 0 Å². The molecule has 3 aromatic carbocycles. The summed E-state index contributed by atoms with van der Waals surface area (Å²) in [5.74, 6) is 0.798. The van der Waals surface area contributed by atoms with E-state index in [1.165, 1.54) is 30.7 Å². The number of hydrogen-bond donors (Lipinski definition) is 0. The Hall–Kier alpha value is -3.30. The summed E-state index contributed by atoms with van der Waals surface area (Å²) in [5, 5.41) is 11.4. The minimum absolute atomic E-state index is 0.0910. The number of methoxy groups -OCH3 is 2. The molecule has 168 valence electrons. The summed E-state index contributed by atoms with van der Waals surface area (Å²) in [6, 6.07) is 15.7. The van der Waals surface area contributed by atoms with Crippen LogP contribution in [0.15, 0.2) is 71.6 Å². The Labute approximate surface area is 191 Å². The molecule has 8 nitrogen and oxygen atoms in total. The number of nitro groups is 1. The molecule has 0 N–H and O–H groups in total. The molecule has 0 aromatic heterocycles. The van der Waals surface area contributed by atoms with Gasteiger partial charge in [-0.3, -0.25) is 14.4 Å². The normalized spacial score (nSPS) is 12.1. The fraction of sp³-hybridized carbons (Fsp3) is 0.182. The van der Waals surface area contributed by atoms with Gasteiger partial charge in [0.15, 0.2) is 11.5 Å². The largest absolute Gasteiger partial charge is 0.493 e. The van der Waals surface area contributed by atoms with Crippen LogP contribution in [0.5, 0.6) is 11.5 Å². The van der Waals surface area contributed by atoms with Gasteiger partial charge in [0.1, 0.15) is 0 Å². The van der Waals surface area contributed by atoms with E-state index in [-0.39, 0.29) is 10.6 Å². The van der Waals surface area contributed by atoms with Crippen molar-refractivity contribution in [2.45, 2.75) is 17.9 Å². The highest BCUT2D eigenvalue weighted by atomic mass is 35.5. The summed E-state index contributed by atoms with van der Waals surface area (Å²) in [6.45, 7) is 1.73. The average molecular weight is 477 g/mol. The molecule has 1 atom stereocenters. The van der Waals surface area contributed by atoms with Gasteiger partial charge in [0.2, 0.25) is 0 Å². The van der Waals surface area contributed by atoms with Gasteiger partial charge in [-0.25, -0.2) is 8.42 Å². The molecule has 0 aliphatic carbocycles. The Kier molecular flexibility index (Phi) is 6.90. The molecule has 0 amide bonds. The monoisotopic (exact) mass is 476 g/mol. The molecule has 3 rings (SSSR count). The van der Waals surface area contributed by atoms with E-state index in [2.05, 4.69) is 0 Å². The molecule has 10 heteroatoms. The minimum atomic E-state index is -4.13. The van der Waals surface area contributed by atoms with Crippen molar-refractivity contribution >= 4 is 33.0 Å². The van der Waals surface area contributed by atoms with Crippen molar-refractivity contribution in [2.24, 2.45) is 0 Å². The molecule has 0 bridgehead atoms. The van der Waals surface area contributed by atoms with E-state index in [4.69, 9.17) is 21.1 Å². The van der Waals surface area contributed by atoms with E-state index in [1.807, 2.05) is 0 Å². The lowest BCUT2D eigenvalue weighted by molar-refractivity contribution is -0.384. The van der Waals surface area contributed by atoms with Crippen LogP contribution < -0.4 is 13.8 Å². The third-order valence-corrected chi connectivity index (χ3v) is 7.06. The molecule has 0 aliphatic rings. The van der Waals surface area contributed by atoms with E-state index in [9.17, 15) is 18.5 Å². The Balaban J connectivity index is 2.18. The standard InChI is InChI=1S/C22H21ClN2O6S/c1-15(16-5-4-6-17(23)13-16)24(19-9-12-21(30-2)22(14-19)31-3)32(28,29)20-10-7-18(8-11-20)25(26)27/h4-15H,1-3H3. The topological polar surface area (TPSA) is 99.0 Å². The van der Waals surface area contributed by atoms with Crippen LogP contribution in [-0.4, -0.2) is 27.6 Å². The van der Waals surface area contributed by atoms with Crippen molar-refractivity contribution in [3.05, 3.63) is 87.4 Å². The van der Waals surface area contributed by atoms with E-state index in [0.717, 1.165) is 12.1 Å². The maximum absolute atomic E-state index is 13.7. The van der Waals surface area contributed by atoms with Crippen molar-refractivity contribution in [3.8, 4) is 11.5 Å². The lowest BCUT2D eigenvalue weighted by atomic mass is 10.1. The zero-order chi connectivity index (χ0) is 23.5. The summed E-state index contributed by atoms with van der Waals surface area (Å²) in [7, 11) is -1.19. The van der Waals surface area contributed by atoms with Crippen molar-refractivity contribution in [3.63, 3.8) is 0 Å². The number of nitrogens with zero attached hydrogens (tertiary/aromatic N) is 2. The van der Waals surface area contributed by atoms with Crippen LogP contribution >= 0.6 is 11.6 Å². The minimum Gasteiger partial charge on any atom is -0.493 e. The van der Waals surface area contributed by atoms with Gasteiger partial charge >= 0.3 is 0 Å².